The molecule has 0 rings (SSSR count). The minimum Gasteiger partial charge on any atom is -0.463 e. The Labute approximate surface area is 68.4 Å². The molecule has 0 saturated heterocycles. The molecule has 0 aromatic rings. The molecule has 1 atom stereocenters. The van der Waals surface area contributed by atoms with Crippen LogP contribution in [-0.4, -0.2) is 21.6 Å². The second kappa shape index (κ2) is 6.12. The molecule has 0 aliphatic rings. The maximum Gasteiger partial charge on any atom is 0.330 e. The van der Waals surface area contributed by atoms with Crippen LogP contribution in [0.1, 0.15) is 6.42 Å². The molecule has 0 aliphatic heterocycles. The second-order valence-corrected chi connectivity index (χ2v) is 4.52. The van der Waals surface area contributed by atoms with Gasteiger partial charge in [-0.05, 0) is 19.0 Å². The maximum atomic E-state index is 10.6. The van der Waals surface area contributed by atoms with Gasteiger partial charge in [-0.25, -0.2) is 4.79 Å². The SMILES string of the molecule is C=CC(=O)OCCC[SiH](C)[O]. The summed E-state index contributed by atoms with van der Waals surface area (Å²) in [7, 11) is -1.71. The summed E-state index contributed by atoms with van der Waals surface area (Å²) in [5, 5.41) is 0. The molecule has 1 unspecified atom stereocenters. The molecular weight excluding hydrogens is 160 g/mol. The molecule has 0 aromatic carbocycles. The average Bonchev–Trinajstić information content (AvgIpc) is 1.97. The fourth-order valence-electron chi connectivity index (χ4n) is 0.602. The molecule has 3 nitrogen and oxygen atoms in total. The number of hydrogen-bond donors (Lipinski definition) is 0. The van der Waals surface area contributed by atoms with Crippen LogP contribution in [0.15, 0.2) is 12.7 Å². The predicted octanol–water partition coefficient (Wildman–Crippen LogP) is 0.890. The van der Waals surface area contributed by atoms with E-state index in [4.69, 9.17) is 0 Å². The molecule has 0 fully saturated rings. The van der Waals surface area contributed by atoms with Crippen molar-refractivity contribution in [1.82, 2.24) is 0 Å². The summed E-state index contributed by atoms with van der Waals surface area (Å²) in [5.41, 5.74) is 0. The largest absolute Gasteiger partial charge is 0.463 e. The standard InChI is InChI=1S/C7H13O3Si/c1-3-7(8)10-5-4-6-11(2)9/h3,11H,1,4-6H2,2H3. The third-order valence-corrected chi connectivity index (χ3v) is 2.39. The van der Waals surface area contributed by atoms with Crippen LogP contribution in [0.4, 0.5) is 0 Å². The minimum atomic E-state index is -1.71. The van der Waals surface area contributed by atoms with Gasteiger partial charge in [-0.3, -0.25) is 0 Å². The van der Waals surface area contributed by atoms with E-state index in [0.717, 1.165) is 6.08 Å². The lowest BCUT2D eigenvalue weighted by Crippen LogP contribution is -2.07. The first-order valence-corrected chi connectivity index (χ1v) is 6.06. The molecule has 0 saturated carbocycles. The van der Waals surface area contributed by atoms with Crippen molar-refractivity contribution in [3.05, 3.63) is 12.7 Å². The van der Waals surface area contributed by atoms with Crippen molar-refractivity contribution in [3.8, 4) is 0 Å². The van der Waals surface area contributed by atoms with E-state index in [9.17, 15) is 9.59 Å². The van der Waals surface area contributed by atoms with Gasteiger partial charge in [0.05, 0.1) is 6.61 Å². The van der Waals surface area contributed by atoms with Crippen LogP contribution in [-0.2, 0) is 14.3 Å². The highest BCUT2D eigenvalue weighted by atomic mass is 28.3. The van der Waals surface area contributed by atoms with Crippen molar-refractivity contribution in [2.24, 2.45) is 0 Å². The van der Waals surface area contributed by atoms with E-state index in [-0.39, 0.29) is 0 Å². The van der Waals surface area contributed by atoms with E-state index >= 15 is 0 Å². The Kier molecular flexibility index (Phi) is 5.78. The maximum absolute atomic E-state index is 10.6. The van der Waals surface area contributed by atoms with Crippen LogP contribution in [0.3, 0.4) is 0 Å². The van der Waals surface area contributed by atoms with Gasteiger partial charge in [-0.1, -0.05) is 6.58 Å². The Morgan fingerprint density at radius 3 is 2.82 bits per heavy atom. The number of carbonyl (C=O) groups excluding carboxylic acids is 1. The molecule has 0 heterocycles. The summed E-state index contributed by atoms with van der Waals surface area (Å²) < 4.78 is 4.67. The molecule has 0 bridgehead atoms. The third kappa shape index (κ3) is 7.28. The van der Waals surface area contributed by atoms with Gasteiger partial charge in [0, 0.05) is 6.08 Å². The number of ether oxygens (including phenoxy) is 1. The highest BCUT2D eigenvalue weighted by molar-refractivity contribution is 6.48. The quantitative estimate of drug-likeness (QED) is 0.268. The average molecular weight is 173 g/mol. The Bertz CT molecular complexity index is 134. The Morgan fingerprint density at radius 2 is 2.36 bits per heavy atom. The molecule has 0 spiro atoms. The highest BCUT2D eigenvalue weighted by Gasteiger charge is 2.01. The Morgan fingerprint density at radius 1 is 1.73 bits per heavy atom. The summed E-state index contributed by atoms with van der Waals surface area (Å²) >= 11 is 0. The van der Waals surface area contributed by atoms with Crippen LogP contribution in [0.25, 0.3) is 0 Å². The van der Waals surface area contributed by atoms with Crippen molar-refractivity contribution in [2.75, 3.05) is 6.61 Å². The lowest BCUT2D eigenvalue weighted by atomic mass is 10.5. The van der Waals surface area contributed by atoms with Gasteiger partial charge in [-0.2, -0.15) is 0 Å². The van der Waals surface area contributed by atoms with Gasteiger partial charge in [0.1, 0.15) is 0 Å². The summed E-state index contributed by atoms with van der Waals surface area (Å²) in [6, 6.07) is 0.685. The smallest absolute Gasteiger partial charge is 0.330 e. The zero-order valence-corrected chi connectivity index (χ0v) is 7.86. The highest BCUT2D eigenvalue weighted by Crippen LogP contribution is 1.95. The van der Waals surface area contributed by atoms with Gasteiger partial charge in [0.25, 0.3) is 0 Å². The minimum absolute atomic E-state index is 0.352. The summed E-state index contributed by atoms with van der Waals surface area (Å²) in [5.74, 6) is -0.412. The fraction of sp³-hybridized carbons (Fsp3) is 0.571. The van der Waals surface area contributed by atoms with Crippen molar-refractivity contribution >= 4 is 15.0 Å². The van der Waals surface area contributed by atoms with E-state index in [1.165, 1.54) is 0 Å². The zero-order valence-electron chi connectivity index (χ0n) is 6.71. The number of hydrogen-bond acceptors (Lipinski definition) is 2. The van der Waals surface area contributed by atoms with E-state index in [0.29, 0.717) is 19.1 Å². The van der Waals surface area contributed by atoms with Crippen LogP contribution in [0.5, 0.6) is 0 Å². The molecule has 0 aromatic heterocycles. The first kappa shape index (κ1) is 10.4. The first-order valence-electron chi connectivity index (χ1n) is 3.62. The molecule has 0 aliphatic carbocycles. The number of esters is 1. The van der Waals surface area contributed by atoms with Gasteiger partial charge in [0.2, 0.25) is 9.04 Å². The van der Waals surface area contributed by atoms with Gasteiger partial charge >= 0.3 is 5.97 Å². The first-order chi connectivity index (χ1) is 5.16. The van der Waals surface area contributed by atoms with Crippen LogP contribution >= 0.6 is 0 Å². The fourth-order valence-corrected chi connectivity index (χ4v) is 1.34. The lowest BCUT2D eigenvalue weighted by Gasteiger charge is -2.00. The van der Waals surface area contributed by atoms with Gasteiger partial charge in [-0.15, -0.1) is 0 Å². The second-order valence-electron chi connectivity index (χ2n) is 2.32. The normalized spacial score (nSPS) is 12.2. The van der Waals surface area contributed by atoms with Crippen molar-refractivity contribution in [3.63, 3.8) is 0 Å². The summed E-state index contributed by atoms with van der Waals surface area (Å²) in [4.78, 5) is 21.1. The molecule has 1 radical (unpaired) electrons. The predicted molar refractivity (Wildman–Crippen MR) is 44.3 cm³/mol. The van der Waals surface area contributed by atoms with Crippen LogP contribution < -0.4 is 0 Å². The van der Waals surface area contributed by atoms with Crippen molar-refractivity contribution in [1.29, 1.82) is 0 Å². The monoisotopic (exact) mass is 173 g/mol. The van der Waals surface area contributed by atoms with E-state index in [1.807, 2.05) is 0 Å². The van der Waals surface area contributed by atoms with Gasteiger partial charge < -0.3 is 9.53 Å². The zero-order chi connectivity index (χ0) is 8.69. The summed E-state index contributed by atoms with van der Waals surface area (Å²) in [6.45, 7) is 5.33. The van der Waals surface area contributed by atoms with Crippen molar-refractivity contribution in [2.45, 2.75) is 19.0 Å². The molecule has 4 heteroatoms. The van der Waals surface area contributed by atoms with Crippen LogP contribution in [0.2, 0.25) is 12.6 Å². The van der Waals surface area contributed by atoms with E-state index in [2.05, 4.69) is 11.3 Å². The van der Waals surface area contributed by atoms with Crippen molar-refractivity contribution < 1.29 is 14.3 Å². The number of rotatable bonds is 5. The van der Waals surface area contributed by atoms with E-state index in [1.54, 1.807) is 6.55 Å². The molecule has 0 amide bonds. The molecule has 11 heavy (non-hydrogen) atoms. The number of carbonyl (C=O) groups is 1. The third-order valence-electron chi connectivity index (χ3n) is 1.17. The van der Waals surface area contributed by atoms with Crippen LogP contribution in [0, 0.1) is 0 Å². The summed E-state index contributed by atoms with van der Waals surface area (Å²) in [6.07, 6.45) is 1.81. The topological polar surface area (TPSA) is 46.2 Å². The van der Waals surface area contributed by atoms with E-state index < -0.39 is 15.0 Å². The molecule has 63 valence electrons. The molecule has 0 N–H and O–H groups in total. The Hall–Kier alpha value is -0.613. The lowest BCUT2D eigenvalue weighted by molar-refractivity contribution is -0.137. The molecular formula is C7H13O3Si. The Balaban J connectivity index is 3.14. The van der Waals surface area contributed by atoms with Gasteiger partial charge in [0.15, 0.2) is 0 Å².